The molecule has 1 N–H and O–H groups in total. The Hall–Kier alpha value is -1.26. The van der Waals surface area contributed by atoms with E-state index in [1.54, 1.807) is 6.07 Å². The lowest BCUT2D eigenvalue weighted by atomic mass is 9.62. The van der Waals surface area contributed by atoms with Gasteiger partial charge in [0.1, 0.15) is 7.85 Å². The normalized spacial score (nSPS) is 32.1. The van der Waals surface area contributed by atoms with Crippen LogP contribution in [0, 0.1) is 17.8 Å². The standard InChI is InChI=1S/C17H20BClN2O/c18-16(17(22)20-14-3-1-2-13(19)6-14)15-11-4-10-5-12(15)9-21(7-10)8-11/h1-3,6,10-12H,4-5,7-9,18H2,(H,20,22). The van der Waals surface area contributed by atoms with Crippen molar-refractivity contribution in [3.63, 3.8) is 0 Å². The Morgan fingerprint density at radius 2 is 1.95 bits per heavy atom. The summed E-state index contributed by atoms with van der Waals surface area (Å²) in [5, 5.41) is 3.64. The number of hydrogen-bond acceptors (Lipinski definition) is 2. The first kappa shape index (κ1) is 14.3. The van der Waals surface area contributed by atoms with Gasteiger partial charge in [0.25, 0.3) is 0 Å². The van der Waals surface area contributed by atoms with E-state index >= 15 is 0 Å². The third-order valence-corrected chi connectivity index (χ3v) is 5.68. The molecule has 3 saturated heterocycles. The molecule has 1 amide bonds. The van der Waals surface area contributed by atoms with Gasteiger partial charge in [-0.05, 0) is 54.3 Å². The summed E-state index contributed by atoms with van der Waals surface area (Å²) in [6.45, 7) is 3.56. The average molecular weight is 315 g/mol. The number of hydrogen-bond donors (Lipinski definition) is 1. The average Bonchev–Trinajstić information content (AvgIpc) is 2.45. The molecule has 1 saturated carbocycles. The van der Waals surface area contributed by atoms with E-state index in [4.69, 9.17) is 11.6 Å². The summed E-state index contributed by atoms with van der Waals surface area (Å²) >= 11 is 5.99. The van der Waals surface area contributed by atoms with Crippen LogP contribution in [0.2, 0.25) is 5.02 Å². The van der Waals surface area contributed by atoms with Crippen molar-refractivity contribution in [1.29, 1.82) is 0 Å². The van der Waals surface area contributed by atoms with Crippen molar-refractivity contribution in [3.8, 4) is 0 Å². The van der Waals surface area contributed by atoms with E-state index in [9.17, 15) is 4.79 Å². The number of carbonyl (C=O) groups is 1. The number of anilines is 1. The van der Waals surface area contributed by atoms with Crippen molar-refractivity contribution in [2.75, 3.05) is 25.0 Å². The minimum atomic E-state index is 0.0275. The molecule has 3 heterocycles. The Labute approximate surface area is 137 Å². The second-order valence-electron chi connectivity index (χ2n) is 6.99. The van der Waals surface area contributed by atoms with Crippen LogP contribution in [0.1, 0.15) is 12.8 Å². The summed E-state index contributed by atoms with van der Waals surface area (Å²) < 4.78 is 0. The van der Waals surface area contributed by atoms with Crippen LogP contribution in [-0.2, 0) is 4.79 Å². The zero-order valence-corrected chi connectivity index (χ0v) is 13.6. The first-order valence-electron chi connectivity index (χ1n) is 8.10. The van der Waals surface area contributed by atoms with Gasteiger partial charge in [-0.1, -0.05) is 23.2 Å². The second kappa shape index (κ2) is 5.43. The predicted octanol–water partition coefficient (Wildman–Crippen LogP) is 2.14. The highest BCUT2D eigenvalue weighted by atomic mass is 35.5. The van der Waals surface area contributed by atoms with E-state index in [-0.39, 0.29) is 5.91 Å². The smallest absolute Gasteiger partial charge is 0.241 e. The summed E-state index contributed by atoms with van der Waals surface area (Å²) in [5.41, 5.74) is 3.12. The fourth-order valence-corrected chi connectivity index (χ4v) is 4.92. The topological polar surface area (TPSA) is 32.3 Å². The molecule has 2 unspecified atom stereocenters. The number of benzene rings is 1. The van der Waals surface area contributed by atoms with Gasteiger partial charge < -0.3 is 10.2 Å². The van der Waals surface area contributed by atoms with Crippen LogP contribution in [0.25, 0.3) is 0 Å². The van der Waals surface area contributed by atoms with E-state index in [0.717, 1.165) is 30.2 Å². The summed E-state index contributed by atoms with van der Waals surface area (Å²) in [6, 6.07) is 7.34. The molecule has 4 fully saturated rings. The Kier molecular flexibility index (Phi) is 3.54. The molecule has 0 spiro atoms. The lowest BCUT2D eigenvalue weighted by Crippen LogP contribution is -2.55. The molecule has 5 rings (SSSR count). The van der Waals surface area contributed by atoms with Crippen molar-refractivity contribution in [3.05, 3.63) is 40.3 Å². The van der Waals surface area contributed by atoms with Crippen LogP contribution < -0.4 is 5.32 Å². The number of rotatable bonds is 2. The number of nitrogens with zero attached hydrogens (tertiary/aromatic N) is 1. The minimum Gasteiger partial charge on any atom is -0.323 e. The van der Waals surface area contributed by atoms with Crippen molar-refractivity contribution >= 4 is 31.0 Å². The van der Waals surface area contributed by atoms with Gasteiger partial charge in [0.2, 0.25) is 5.91 Å². The van der Waals surface area contributed by atoms with Crippen LogP contribution in [0.15, 0.2) is 35.3 Å². The summed E-state index contributed by atoms with van der Waals surface area (Å²) in [5.74, 6) is 2.07. The van der Waals surface area contributed by atoms with Crippen molar-refractivity contribution in [1.82, 2.24) is 4.90 Å². The predicted molar refractivity (Wildman–Crippen MR) is 91.8 cm³/mol. The Bertz CT molecular complexity index is 628. The van der Waals surface area contributed by atoms with Crippen LogP contribution >= 0.6 is 11.6 Å². The second-order valence-corrected chi connectivity index (χ2v) is 7.43. The monoisotopic (exact) mass is 314 g/mol. The molecule has 3 aliphatic heterocycles. The highest BCUT2D eigenvalue weighted by molar-refractivity contribution is 6.39. The van der Waals surface area contributed by atoms with E-state index in [1.165, 1.54) is 25.0 Å². The molecule has 4 aliphatic rings. The maximum absolute atomic E-state index is 12.6. The molecule has 1 aromatic rings. The molecule has 22 heavy (non-hydrogen) atoms. The Morgan fingerprint density at radius 3 is 2.59 bits per heavy atom. The summed E-state index contributed by atoms with van der Waals surface area (Å²) in [6.07, 6.45) is 2.54. The lowest BCUT2D eigenvalue weighted by Gasteiger charge is -2.53. The highest BCUT2D eigenvalue weighted by Crippen LogP contribution is 2.47. The first-order valence-corrected chi connectivity index (χ1v) is 8.48. The third-order valence-electron chi connectivity index (χ3n) is 5.45. The maximum atomic E-state index is 12.6. The first-order chi connectivity index (χ1) is 10.6. The molecule has 4 bridgehead atoms. The van der Waals surface area contributed by atoms with Gasteiger partial charge in [-0.2, -0.15) is 0 Å². The van der Waals surface area contributed by atoms with Crippen LogP contribution in [-0.4, -0.2) is 38.3 Å². The van der Waals surface area contributed by atoms with Gasteiger partial charge in [0, 0.05) is 30.3 Å². The lowest BCUT2D eigenvalue weighted by molar-refractivity contribution is -0.112. The van der Waals surface area contributed by atoms with Gasteiger partial charge in [0.15, 0.2) is 0 Å². The SMILES string of the molecule is BC(C(=O)Nc1cccc(Cl)c1)=C1C2CC3CC1CN(C3)C2. The molecule has 5 heteroatoms. The molecule has 1 aliphatic carbocycles. The number of halogens is 1. The zero-order chi connectivity index (χ0) is 15.3. The van der Waals surface area contributed by atoms with E-state index in [1.807, 2.05) is 26.0 Å². The van der Waals surface area contributed by atoms with Crippen molar-refractivity contribution in [2.24, 2.45) is 17.8 Å². The molecule has 114 valence electrons. The van der Waals surface area contributed by atoms with Crippen LogP contribution in [0.4, 0.5) is 5.69 Å². The van der Waals surface area contributed by atoms with E-state index in [0.29, 0.717) is 16.9 Å². The maximum Gasteiger partial charge on any atom is 0.241 e. The molecule has 1 aromatic carbocycles. The summed E-state index contributed by atoms with van der Waals surface area (Å²) in [7, 11) is 1.99. The third kappa shape index (κ3) is 2.48. The molecule has 0 radical (unpaired) electrons. The van der Waals surface area contributed by atoms with Gasteiger partial charge in [-0.25, -0.2) is 0 Å². The van der Waals surface area contributed by atoms with Gasteiger partial charge >= 0.3 is 0 Å². The molecule has 2 atom stereocenters. The van der Waals surface area contributed by atoms with E-state index < -0.39 is 0 Å². The number of nitrogens with one attached hydrogen (secondary N) is 1. The fourth-order valence-electron chi connectivity index (χ4n) is 4.73. The summed E-state index contributed by atoms with van der Waals surface area (Å²) in [4.78, 5) is 15.2. The Morgan fingerprint density at radius 1 is 1.23 bits per heavy atom. The largest absolute Gasteiger partial charge is 0.323 e. The molecular formula is C17H20BClN2O. The number of amides is 1. The van der Waals surface area contributed by atoms with Crippen LogP contribution in [0.3, 0.4) is 0 Å². The van der Waals surface area contributed by atoms with Gasteiger partial charge in [-0.3, -0.25) is 4.79 Å². The van der Waals surface area contributed by atoms with E-state index in [2.05, 4.69) is 10.2 Å². The molecular weight excluding hydrogens is 294 g/mol. The number of piperidine rings is 3. The van der Waals surface area contributed by atoms with Crippen molar-refractivity contribution < 1.29 is 4.79 Å². The fraction of sp³-hybridized carbons (Fsp3) is 0.471. The van der Waals surface area contributed by atoms with Crippen molar-refractivity contribution in [2.45, 2.75) is 12.8 Å². The number of carbonyl (C=O) groups excluding carboxylic acids is 1. The van der Waals surface area contributed by atoms with Crippen LogP contribution in [0.5, 0.6) is 0 Å². The van der Waals surface area contributed by atoms with Gasteiger partial charge in [0.05, 0.1) is 0 Å². The molecule has 3 nitrogen and oxygen atoms in total. The quantitative estimate of drug-likeness (QED) is 0.670. The molecule has 0 aromatic heterocycles. The zero-order valence-electron chi connectivity index (χ0n) is 12.8. The minimum absolute atomic E-state index is 0.0275. The van der Waals surface area contributed by atoms with Gasteiger partial charge in [-0.15, -0.1) is 0 Å². The highest BCUT2D eigenvalue weighted by Gasteiger charge is 2.45. The Balaban J connectivity index is 1.57.